The third kappa shape index (κ3) is 4.93. The Morgan fingerprint density at radius 2 is 1.71 bits per heavy atom. The number of fused-ring (bicyclic) bond motifs is 1. The van der Waals surface area contributed by atoms with Crippen molar-refractivity contribution in [1.29, 1.82) is 0 Å². The van der Waals surface area contributed by atoms with Gasteiger partial charge in [-0.3, -0.25) is 19.3 Å². The highest BCUT2D eigenvalue weighted by molar-refractivity contribution is 6.21. The van der Waals surface area contributed by atoms with Gasteiger partial charge in [-0.1, -0.05) is 0 Å². The first kappa shape index (κ1) is 23.7. The fourth-order valence-electron chi connectivity index (χ4n) is 3.39. The Bertz CT molecular complexity index is 1300. The standard InChI is InChI=1S/C24H17F3N2O6/c1-13(20(30)28-16-7-5-15(6-8-16)24(25,26)27)35-23(33)14-4-9-18-19(11-14)22(32)29(21(18)31)12-17-3-2-10-34-17/h2-11,13H,12H2,1H3,(H,28,30). The molecule has 0 saturated carbocycles. The van der Waals surface area contributed by atoms with Crippen molar-refractivity contribution < 1.29 is 41.5 Å². The van der Waals surface area contributed by atoms with Crippen molar-refractivity contribution in [2.24, 2.45) is 0 Å². The lowest BCUT2D eigenvalue weighted by Crippen LogP contribution is -2.30. The van der Waals surface area contributed by atoms with Gasteiger partial charge in [-0.15, -0.1) is 0 Å². The Balaban J connectivity index is 1.40. The molecule has 0 aliphatic carbocycles. The molecule has 8 nitrogen and oxygen atoms in total. The maximum absolute atomic E-state index is 12.7. The highest BCUT2D eigenvalue weighted by Gasteiger charge is 2.37. The van der Waals surface area contributed by atoms with Crippen LogP contribution in [0.4, 0.5) is 18.9 Å². The van der Waals surface area contributed by atoms with Gasteiger partial charge in [0.25, 0.3) is 17.7 Å². The minimum absolute atomic E-state index is 0.0119. The summed E-state index contributed by atoms with van der Waals surface area (Å²) in [7, 11) is 0. The molecule has 3 aromatic rings. The molecule has 0 radical (unpaired) electrons. The number of esters is 1. The Hall–Kier alpha value is -4.41. The number of imide groups is 1. The Morgan fingerprint density at radius 3 is 2.34 bits per heavy atom. The molecule has 11 heteroatoms. The van der Waals surface area contributed by atoms with Gasteiger partial charge in [-0.25, -0.2) is 4.79 Å². The quantitative estimate of drug-likeness (QED) is 0.412. The molecule has 0 saturated heterocycles. The Labute approximate surface area is 196 Å². The SMILES string of the molecule is CC(OC(=O)c1ccc2c(c1)C(=O)N(Cc1ccco1)C2=O)C(=O)Nc1ccc(C(F)(F)F)cc1. The topological polar surface area (TPSA) is 106 Å². The van der Waals surface area contributed by atoms with Crippen LogP contribution >= 0.6 is 0 Å². The second-order valence-corrected chi connectivity index (χ2v) is 7.65. The van der Waals surface area contributed by atoms with Crippen molar-refractivity contribution in [1.82, 2.24) is 4.90 Å². The van der Waals surface area contributed by atoms with Gasteiger partial charge in [-0.05, 0) is 61.5 Å². The summed E-state index contributed by atoms with van der Waals surface area (Å²) in [5, 5.41) is 2.36. The number of benzene rings is 2. The molecule has 35 heavy (non-hydrogen) atoms. The zero-order valence-corrected chi connectivity index (χ0v) is 18.1. The number of alkyl halides is 3. The number of anilines is 1. The third-order valence-corrected chi connectivity index (χ3v) is 5.23. The van der Waals surface area contributed by atoms with Crippen LogP contribution in [-0.2, 0) is 22.3 Å². The first-order valence-electron chi connectivity index (χ1n) is 10.3. The van der Waals surface area contributed by atoms with Crippen molar-refractivity contribution in [3.05, 3.63) is 88.9 Å². The van der Waals surface area contributed by atoms with E-state index in [1.54, 1.807) is 12.1 Å². The lowest BCUT2D eigenvalue weighted by atomic mass is 10.1. The first-order chi connectivity index (χ1) is 16.5. The number of ether oxygens (including phenoxy) is 1. The van der Waals surface area contributed by atoms with Crippen LogP contribution < -0.4 is 5.32 Å². The summed E-state index contributed by atoms with van der Waals surface area (Å²) in [6.07, 6.45) is -4.40. The second-order valence-electron chi connectivity index (χ2n) is 7.65. The number of halogens is 3. The molecule has 1 N–H and O–H groups in total. The van der Waals surface area contributed by atoms with Crippen LogP contribution in [0.5, 0.6) is 0 Å². The molecule has 1 aliphatic rings. The Morgan fingerprint density at radius 1 is 1.03 bits per heavy atom. The predicted octanol–water partition coefficient (Wildman–Crippen LogP) is 4.28. The number of furan rings is 1. The van der Waals surface area contributed by atoms with E-state index in [2.05, 4.69) is 5.32 Å². The van der Waals surface area contributed by atoms with E-state index in [-0.39, 0.29) is 28.9 Å². The largest absolute Gasteiger partial charge is 0.467 e. The summed E-state index contributed by atoms with van der Waals surface area (Å²) in [6, 6.07) is 10.8. The zero-order chi connectivity index (χ0) is 25.3. The lowest BCUT2D eigenvalue weighted by Gasteiger charge is -2.14. The molecule has 180 valence electrons. The number of amides is 3. The van der Waals surface area contributed by atoms with Crippen LogP contribution in [0.2, 0.25) is 0 Å². The highest BCUT2D eigenvalue weighted by atomic mass is 19.4. The number of hydrogen-bond donors (Lipinski definition) is 1. The van der Waals surface area contributed by atoms with Gasteiger partial charge < -0.3 is 14.5 Å². The fourth-order valence-corrected chi connectivity index (χ4v) is 3.39. The summed E-state index contributed by atoms with van der Waals surface area (Å²) in [5.74, 6) is -2.43. The van der Waals surface area contributed by atoms with Crippen LogP contribution in [0.25, 0.3) is 0 Å². The molecule has 1 unspecified atom stereocenters. The zero-order valence-electron chi connectivity index (χ0n) is 18.1. The maximum Gasteiger partial charge on any atom is 0.416 e. The summed E-state index contributed by atoms with van der Waals surface area (Å²) in [6.45, 7) is 1.21. The molecule has 3 amide bonds. The molecule has 0 spiro atoms. The van der Waals surface area contributed by atoms with Crippen LogP contribution in [-0.4, -0.2) is 34.7 Å². The van der Waals surface area contributed by atoms with E-state index in [4.69, 9.17) is 9.15 Å². The Kier molecular flexibility index (Phi) is 6.16. The van der Waals surface area contributed by atoms with E-state index >= 15 is 0 Å². The minimum atomic E-state index is -4.51. The van der Waals surface area contributed by atoms with Gasteiger partial charge >= 0.3 is 12.1 Å². The van der Waals surface area contributed by atoms with E-state index in [0.717, 1.165) is 29.2 Å². The van der Waals surface area contributed by atoms with Gasteiger partial charge in [0.15, 0.2) is 6.10 Å². The number of rotatable bonds is 6. The van der Waals surface area contributed by atoms with Crippen molar-refractivity contribution >= 4 is 29.4 Å². The predicted molar refractivity (Wildman–Crippen MR) is 114 cm³/mol. The van der Waals surface area contributed by atoms with Crippen LogP contribution in [0, 0.1) is 0 Å². The summed E-state index contributed by atoms with van der Waals surface area (Å²) >= 11 is 0. The van der Waals surface area contributed by atoms with E-state index in [1.165, 1.54) is 31.4 Å². The molecular formula is C24H17F3N2O6. The lowest BCUT2D eigenvalue weighted by molar-refractivity contribution is -0.137. The third-order valence-electron chi connectivity index (χ3n) is 5.23. The average Bonchev–Trinajstić information content (AvgIpc) is 3.41. The highest BCUT2D eigenvalue weighted by Crippen LogP contribution is 2.30. The van der Waals surface area contributed by atoms with Crippen LogP contribution in [0.1, 0.15) is 49.3 Å². The minimum Gasteiger partial charge on any atom is -0.467 e. The number of hydrogen-bond acceptors (Lipinski definition) is 6. The van der Waals surface area contributed by atoms with Crippen molar-refractivity contribution in [3.63, 3.8) is 0 Å². The summed E-state index contributed by atoms with van der Waals surface area (Å²) in [4.78, 5) is 51.1. The van der Waals surface area contributed by atoms with Crippen molar-refractivity contribution in [2.45, 2.75) is 25.7 Å². The van der Waals surface area contributed by atoms with Crippen LogP contribution in [0.15, 0.2) is 65.3 Å². The monoisotopic (exact) mass is 486 g/mol. The number of carbonyl (C=O) groups is 4. The van der Waals surface area contributed by atoms with Gasteiger partial charge in [0.2, 0.25) is 0 Å². The van der Waals surface area contributed by atoms with Gasteiger partial charge in [-0.2, -0.15) is 13.2 Å². The van der Waals surface area contributed by atoms with E-state index in [1.807, 2.05) is 0 Å². The van der Waals surface area contributed by atoms with E-state index in [0.29, 0.717) is 5.76 Å². The van der Waals surface area contributed by atoms with Gasteiger partial charge in [0, 0.05) is 5.69 Å². The first-order valence-corrected chi connectivity index (χ1v) is 10.3. The van der Waals surface area contributed by atoms with Crippen molar-refractivity contribution in [3.8, 4) is 0 Å². The number of nitrogens with zero attached hydrogens (tertiary/aromatic N) is 1. The molecule has 1 aromatic heterocycles. The van der Waals surface area contributed by atoms with E-state index in [9.17, 15) is 32.3 Å². The maximum atomic E-state index is 12.7. The number of nitrogens with one attached hydrogen (secondary N) is 1. The smallest absolute Gasteiger partial charge is 0.416 e. The molecular weight excluding hydrogens is 469 g/mol. The van der Waals surface area contributed by atoms with Crippen LogP contribution in [0.3, 0.4) is 0 Å². The molecule has 0 fully saturated rings. The second kappa shape index (κ2) is 9.09. The summed E-state index contributed by atoms with van der Waals surface area (Å²) < 4.78 is 48.3. The molecule has 2 aromatic carbocycles. The molecule has 4 rings (SSSR count). The molecule has 1 atom stereocenters. The fraction of sp³-hybridized carbons (Fsp3) is 0.167. The molecule has 1 aliphatic heterocycles. The van der Waals surface area contributed by atoms with Crippen molar-refractivity contribution in [2.75, 3.05) is 5.32 Å². The number of carbonyl (C=O) groups excluding carboxylic acids is 4. The molecule has 2 heterocycles. The van der Waals surface area contributed by atoms with E-state index < -0.39 is 41.5 Å². The average molecular weight is 486 g/mol. The molecule has 0 bridgehead atoms. The van der Waals surface area contributed by atoms with Gasteiger partial charge in [0.1, 0.15) is 5.76 Å². The normalized spacial score (nSPS) is 14.0. The van der Waals surface area contributed by atoms with Gasteiger partial charge in [0.05, 0.1) is 35.1 Å². The summed E-state index contributed by atoms with van der Waals surface area (Å²) in [5.41, 5.74) is -0.713.